The molecular formula is C15H25N2O2P. The lowest BCUT2D eigenvalue weighted by molar-refractivity contribution is 0.126. The van der Waals surface area contributed by atoms with Crippen LogP contribution in [0.5, 0.6) is 0 Å². The summed E-state index contributed by atoms with van der Waals surface area (Å²) in [5.41, 5.74) is 1.09. The predicted molar refractivity (Wildman–Crippen MR) is 84.0 cm³/mol. The SMILES string of the molecule is CN(C)P1(=O)OC[C@H](C(C)(C)C)CN1c1ccccc1. The molecule has 1 aliphatic rings. The summed E-state index contributed by atoms with van der Waals surface area (Å²) in [5, 5.41) is 0. The molecule has 1 fully saturated rings. The second-order valence-electron chi connectivity index (χ2n) is 6.61. The highest BCUT2D eigenvalue weighted by molar-refractivity contribution is 7.58. The van der Waals surface area contributed by atoms with Gasteiger partial charge >= 0.3 is 7.67 Å². The molecule has 0 aliphatic carbocycles. The minimum Gasteiger partial charge on any atom is -0.301 e. The topological polar surface area (TPSA) is 32.8 Å². The number of hydrogen-bond donors (Lipinski definition) is 0. The average Bonchev–Trinajstić information content (AvgIpc) is 2.38. The van der Waals surface area contributed by atoms with Crippen molar-refractivity contribution in [3.05, 3.63) is 30.3 Å². The molecule has 1 heterocycles. The maximum Gasteiger partial charge on any atom is 0.370 e. The molecule has 0 aromatic heterocycles. The van der Waals surface area contributed by atoms with Crippen LogP contribution in [-0.2, 0) is 9.09 Å². The first-order valence-electron chi connectivity index (χ1n) is 7.00. The lowest BCUT2D eigenvalue weighted by atomic mass is 9.81. The van der Waals surface area contributed by atoms with Gasteiger partial charge in [0.1, 0.15) is 0 Å². The van der Waals surface area contributed by atoms with Crippen molar-refractivity contribution in [2.45, 2.75) is 20.8 Å². The van der Waals surface area contributed by atoms with Crippen LogP contribution in [0.4, 0.5) is 5.69 Å². The molecule has 1 unspecified atom stereocenters. The third-order valence-corrected chi connectivity index (χ3v) is 6.43. The molecule has 5 heteroatoms. The van der Waals surface area contributed by atoms with E-state index in [0.717, 1.165) is 12.2 Å². The van der Waals surface area contributed by atoms with Gasteiger partial charge in [0.25, 0.3) is 0 Å². The van der Waals surface area contributed by atoms with Gasteiger partial charge in [-0.1, -0.05) is 39.0 Å². The van der Waals surface area contributed by atoms with Gasteiger partial charge in [-0.15, -0.1) is 0 Å². The molecule has 0 N–H and O–H groups in total. The van der Waals surface area contributed by atoms with Gasteiger partial charge in [0.15, 0.2) is 0 Å². The Bertz CT molecular complexity index is 496. The fraction of sp³-hybridized carbons (Fsp3) is 0.600. The Balaban J connectivity index is 2.37. The van der Waals surface area contributed by atoms with E-state index in [-0.39, 0.29) is 5.41 Å². The first kappa shape index (κ1) is 15.6. The van der Waals surface area contributed by atoms with Crippen LogP contribution in [0.1, 0.15) is 20.8 Å². The molecule has 0 spiro atoms. The molecule has 112 valence electrons. The van der Waals surface area contributed by atoms with Crippen LogP contribution in [0.2, 0.25) is 0 Å². The molecule has 2 atom stereocenters. The van der Waals surface area contributed by atoms with Crippen LogP contribution in [0.25, 0.3) is 0 Å². The highest BCUT2D eigenvalue weighted by Gasteiger charge is 2.43. The van der Waals surface area contributed by atoms with Gasteiger partial charge in [-0.3, -0.25) is 4.67 Å². The van der Waals surface area contributed by atoms with E-state index in [2.05, 4.69) is 20.8 Å². The van der Waals surface area contributed by atoms with Crippen LogP contribution in [0.3, 0.4) is 0 Å². The summed E-state index contributed by atoms with van der Waals surface area (Å²) in [5.74, 6) is 0.352. The minimum absolute atomic E-state index is 0.130. The summed E-state index contributed by atoms with van der Waals surface area (Å²) in [6.45, 7) is 7.91. The maximum absolute atomic E-state index is 13.2. The summed E-state index contributed by atoms with van der Waals surface area (Å²) in [6.07, 6.45) is 0. The Morgan fingerprint density at radius 2 is 1.85 bits per heavy atom. The van der Waals surface area contributed by atoms with Crippen molar-refractivity contribution >= 4 is 13.4 Å². The van der Waals surface area contributed by atoms with Gasteiger partial charge in [0, 0.05) is 18.2 Å². The van der Waals surface area contributed by atoms with Crippen molar-refractivity contribution in [2.24, 2.45) is 11.3 Å². The zero-order valence-electron chi connectivity index (χ0n) is 13.0. The second-order valence-corrected chi connectivity index (χ2v) is 9.14. The molecule has 0 saturated carbocycles. The monoisotopic (exact) mass is 296 g/mol. The fourth-order valence-electron chi connectivity index (χ4n) is 2.33. The van der Waals surface area contributed by atoms with E-state index in [1.54, 1.807) is 4.67 Å². The molecule has 1 aromatic rings. The number of hydrogen-bond acceptors (Lipinski definition) is 2. The van der Waals surface area contributed by atoms with Crippen molar-refractivity contribution in [3.63, 3.8) is 0 Å². The van der Waals surface area contributed by atoms with E-state index in [9.17, 15) is 4.57 Å². The minimum atomic E-state index is -2.96. The van der Waals surface area contributed by atoms with Gasteiger partial charge in [0.2, 0.25) is 0 Å². The van der Waals surface area contributed by atoms with E-state index < -0.39 is 7.67 Å². The Morgan fingerprint density at radius 1 is 1.25 bits per heavy atom. The summed E-state index contributed by atoms with van der Waals surface area (Å²) >= 11 is 0. The van der Waals surface area contributed by atoms with Crippen molar-refractivity contribution < 1.29 is 9.09 Å². The lowest BCUT2D eigenvalue weighted by Gasteiger charge is -2.46. The van der Waals surface area contributed by atoms with Crippen molar-refractivity contribution in [3.8, 4) is 0 Å². The number of anilines is 1. The quantitative estimate of drug-likeness (QED) is 0.776. The van der Waals surface area contributed by atoms with Gasteiger partial charge in [-0.25, -0.2) is 9.24 Å². The van der Waals surface area contributed by atoms with E-state index in [0.29, 0.717) is 12.5 Å². The van der Waals surface area contributed by atoms with Crippen LogP contribution >= 0.6 is 7.67 Å². The number of nitrogens with zero attached hydrogens (tertiary/aromatic N) is 2. The predicted octanol–water partition coefficient (Wildman–Crippen LogP) is 3.86. The first-order valence-corrected chi connectivity index (χ1v) is 8.53. The van der Waals surface area contributed by atoms with Crippen LogP contribution < -0.4 is 4.67 Å². The molecule has 20 heavy (non-hydrogen) atoms. The summed E-state index contributed by atoms with van der Waals surface area (Å²) in [6, 6.07) is 9.89. The van der Waals surface area contributed by atoms with Crippen LogP contribution in [0, 0.1) is 11.3 Å². The molecule has 0 bridgehead atoms. The van der Waals surface area contributed by atoms with E-state index in [4.69, 9.17) is 4.52 Å². The highest BCUT2D eigenvalue weighted by atomic mass is 31.2. The maximum atomic E-state index is 13.2. The van der Waals surface area contributed by atoms with Gasteiger partial charge in [-0.2, -0.15) is 0 Å². The third-order valence-electron chi connectivity index (χ3n) is 3.93. The summed E-state index contributed by atoms with van der Waals surface area (Å²) < 4.78 is 22.7. The molecular weight excluding hydrogens is 271 g/mol. The Hall–Kier alpha value is -0.830. The number of rotatable bonds is 2. The zero-order chi connectivity index (χ0) is 15.0. The van der Waals surface area contributed by atoms with Gasteiger partial charge < -0.3 is 4.52 Å². The normalized spacial score (nSPS) is 27.9. The Labute approximate surface area is 122 Å². The fourth-order valence-corrected chi connectivity index (χ4v) is 4.33. The molecule has 1 aromatic carbocycles. The highest BCUT2D eigenvalue weighted by Crippen LogP contribution is 2.58. The molecule has 1 aliphatic heterocycles. The Kier molecular flexibility index (Phi) is 4.29. The van der Waals surface area contributed by atoms with E-state index in [1.165, 1.54) is 0 Å². The van der Waals surface area contributed by atoms with Crippen LogP contribution in [0.15, 0.2) is 30.3 Å². The lowest BCUT2D eigenvalue weighted by Crippen LogP contribution is -2.44. The first-order chi connectivity index (χ1) is 9.25. The van der Waals surface area contributed by atoms with Gasteiger partial charge in [0.05, 0.1) is 6.61 Å². The van der Waals surface area contributed by atoms with Crippen molar-refractivity contribution in [1.82, 2.24) is 4.67 Å². The van der Waals surface area contributed by atoms with Crippen molar-refractivity contribution in [2.75, 3.05) is 31.9 Å². The largest absolute Gasteiger partial charge is 0.370 e. The van der Waals surface area contributed by atoms with E-state index >= 15 is 0 Å². The summed E-state index contributed by atoms with van der Waals surface area (Å²) in [4.78, 5) is 0. The number of para-hydroxylation sites is 1. The average molecular weight is 296 g/mol. The molecule has 4 nitrogen and oxygen atoms in total. The second kappa shape index (κ2) is 5.51. The van der Waals surface area contributed by atoms with Gasteiger partial charge in [-0.05, 0) is 31.6 Å². The standard InChI is InChI=1S/C15H25N2O2P/c1-15(2,3)13-11-17(14-9-7-6-8-10-14)20(18,16(4)5)19-12-13/h6-10,13H,11-12H2,1-5H3/t13-,20?/m1/s1. The molecule has 0 amide bonds. The van der Waals surface area contributed by atoms with E-state index in [1.807, 2.05) is 49.1 Å². The molecule has 0 radical (unpaired) electrons. The molecule has 1 saturated heterocycles. The zero-order valence-corrected chi connectivity index (χ0v) is 13.9. The van der Waals surface area contributed by atoms with Crippen molar-refractivity contribution in [1.29, 1.82) is 0 Å². The number of benzene rings is 1. The van der Waals surface area contributed by atoms with Crippen LogP contribution in [-0.4, -0.2) is 31.9 Å². The third kappa shape index (κ3) is 2.93. The smallest absolute Gasteiger partial charge is 0.301 e. The molecule has 2 rings (SSSR count). The summed E-state index contributed by atoms with van der Waals surface area (Å²) in [7, 11) is 0.670. The Morgan fingerprint density at radius 3 is 2.35 bits per heavy atom.